The fourth-order valence-corrected chi connectivity index (χ4v) is 3.73. The van der Waals surface area contributed by atoms with Gasteiger partial charge in [-0.05, 0) is 28.8 Å². The van der Waals surface area contributed by atoms with Gasteiger partial charge < -0.3 is 4.90 Å². The number of thiophene rings is 1. The van der Waals surface area contributed by atoms with Crippen LogP contribution < -0.4 is 0 Å². The standard InChI is InChI=1S/C18H18N4OS/c23-18(10-14-7-9-24-13-14)21-8-6-16(11-21)22-12-17(19-20-22)15-4-2-1-3-5-15/h1-5,7,9,12-13,16H,6,8,10-11H2/t16-/m1/s1. The number of amides is 1. The number of hydrogen-bond donors (Lipinski definition) is 0. The molecule has 1 aliphatic rings. The van der Waals surface area contributed by atoms with E-state index in [4.69, 9.17) is 0 Å². The Morgan fingerprint density at radius 3 is 2.92 bits per heavy atom. The summed E-state index contributed by atoms with van der Waals surface area (Å²) < 4.78 is 1.90. The van der Waals surface area contributed by atoms with E-state index in [0.29, 0.717) is 13.0 Å². The van der Waals surface area contributed by atoms with E-state index < -0.39 is 0 Å². The lowest BCUT2D eigenvalue weighted by Crippen LogP contribution is -2.30. The number of rotatable bonds is 4. The fraction of sp³-hybridized carbons (Fsp3) is 0.278. The molecule has 6 heteroatoms. The SMILES string of the molecule is O=C(Cc1ccsc1)N1CC[C@@H](n2cc(-c3ccccc3)nn2)C1. The zero-order valence-corrected chi connectivity index (χ0v) is 14.0. The van der Waals surface area contributed by atoms with E-state index in [0.717, 1.165) is 29.8 Å². The van der Waals surface area contributed by atoms with Crippen molar-refractivity contribution in [2.45, 2.75) is 18.9 Å². The van der Waals surface area contributed by atoms with Crippen molar-refractivity contribution in [3.05, 3.63) is 58.9 Å². The molecule has 0 saturated carbocycles. The van der Waals surface area contributed by atoms with Crippen molar-refractivity contribution in [3.63, 3.8) is 0 Å². The zero-order chi connectivity index (χ0) is 16.4. The fourth-order valence-electron chi connectivity index (χ4n) is 3.06. The summed E-state index contributed by atoms with van der Waals surface area (Å²) in [4.78, 5) is 14.3. The first-order valence-electron chi connectivity index (χ1n) is 8.06. The molecule has 1 amide bonds. The first-order chi connectivity index (χ1) is 11.8. The number of benzene rings is 1. The van der Waals surface area contributed by atoms with Gasteiger partial charge in [0.1, 0.15) is 5.69 Å². The molecule has 1 aliphatic heterocycles. The van der Waals surface area contributed by atoms with E-state index in [1.54, 1.807) is 11.3 Å². The quantitative estimate of drug-likeness (QED) is 0.735. The first kappa shape index (κ1) is 15.1. The van der Waals surface area contributed by atoms with Crippen LogP contribution in [-0.2, 0) is 11.2 Å². The second kappa shape index (κ2) is 6.57. The molecule has 3 aromatic rings. The lowest BCUT2D eigenvalue weighted by atomic mass is 10.2. The van der Waals surface area contributed by atoms with Gasteiger partial charge in [0.05, 0.1) is 18.7 Å². The molecule has 1 fully saturated rings. The van der Waals surface area contributed by atoms with Crippen LogP contribution in [-0.4, -0.2) is 38.9 Å². The number of aromatic nitrogens is 3. The predicted molar refractivity (Wildman–Crippen MR) is 93.7 cm³/mol. The van der Waals surface area contributed by atoms with Crippen LogP contribution in [0.3, 0.4) is 0 Å². The van der Waals surface area contributed by atoms with E-state index in [-0.39, 0.29) is 11.9 Å². The summed E-state index contributed by atoms with van der Waals surface area (Å²) in [6.45, 7) is 1.49. The summed E-state index contributed by atoms with van der Waals surface area (Å²) in [5, 5.41) is 12.6. The van der Waals surface area contributed by atoms with Crippen molar-refractivity contribution in [1.29, 1.82) is 0 Å². The van der Waals surface area contributed by atoms with Gasteiger partial charge in [0.2, 0.25) is 5.91 Å². The van der Waals surface area contributed by atoms with Crippen molar-refractivity contribution >= 4 is 17.2 Å². The van der Waals surface area contributed by atoms with Crippen LogP contribution in [0.4, 0.5) is 0 Å². The number of likely N-dealkylation sites (tertiary alicyclic amines) is 1. The Morgan fingerprint density at radius 1 is 1.25 bits per heavy atom. The van der Waals surface area contributed by atoms with E-state index in [1.165, 1.54) is 0 Å². The molecule has 0 N–H and O–H groups in total. The Kier molecular flexibility index (Phi) is 4.13. The van der Waals surface area contributed by atoms with Crippen molar-refractivity contribution in [1.82, 2.24) is 19.9 Å². The maximum absolute atomic E-state index is 12.4. The summed E-state index contributed by atoms with van der Waals surface area (Å²) in [6, 6.07) is 12.3. The number of nitrogens with zero attached hydrogens (tertiary/aromatic N) is 4. The van der Waals surface area contributed by atoms with Gasteiger partial charge >= 0.3 is 0 Å². The smallest absolute Gasteiger partial charge is 0.227 e. The molecule has 122 valence electrons. The maximum atomic E-state index is 12.4. The summed E-state index contributed by atoms with van der Waals surface area (Å²) >= 11 is 1.63. The van der Waals surface area contributed by atoms with Crippen LogP contribution in [0.25, 0.3) is 11.3 Å². The molecular weight excluding hydrogens is 320 g/mol. The van der Waals surface area contributed by atoms with Crippen LogP contribution in [0.2, 0.25) is 0 Å². The van der Waals surface area contributed by atoms with Gasteiger partial charge in [-0.25, -0.2) is 4.68 Å². The highest BCUT2D eigenvalue weighted by Gasteiger charge is 2.28. The molecule has 24 heavy (non-hydrogen) atoms. The molecule has 0 radical (unpaired) electrons. The van der Waals surface area contributed by atoms with E-state index in [9.17, 15) is 4.79 Å². The highest BCUT2D eigenvalue weighted by molar-refractivity contribution is 7.08. The van der Waals surface area contributed by atoms with Crippen LogP contribution >= 0.6 is 11.3 Å². The predicted octanol–water partition coefficient (Wildman–Crippen LogP) is 3.02. The minimum atomic E-state index is 0.194. The van der Waals surface area contributed by atoms with Gasteiger partial charge in [-0.15, -0.1) is 5.10 Å². The minimum absolute atomic E-state index is 0.194. The normalized spacial score (nSPS) is 17.3. The Hall–Kier alpha value is -2.47. The van der Waals surface area contributed by atoms with Gasteiger partial charge in [0.15, 0.2) is 0 Å². The third kappa shape index (κ3) is 3.10. The van der Waals surface area contributed by atoms with Gasteiger partial charge in [0, 0.05) is 18.7 Å². The van der Waals surface area contributed by atoms with Gasteiger partial charge in [-0.3, -0.25) is 4.79 Å². The Morgan fingerprint density at radius 2 is 2.12 bits per heavy atom. The molecule has 3 heterocycles. The van der Waals surface area contributed by atoms with Gasteiger partial charge in [-0.1, -0.05) is 35.5 Å². The van der Waals surface area contributed by atoms with Crippen molar-refractivity contribution < 1.29 is 4.79 Å². The average molecular weight is 338 g/mol. The lowest BCUT2D eigenvalue weighted by Gasteiger charge is -2.16. The van der Waals surface area contributed by atoms with E-state index >= 15 is 0 Å². The van der Waals surface area contributed by atoms with Crippen molar-refractivity contribution in [3.8, 4) is 11.3 Å². The van der Waals surface area contributed by atoms with Crippen molar-refractivity contribution in [2.24, 2.45) is 0 Å². The van der Waals surface area contributed by atoms with Crippen LogP contribution in [0.1, 0.15) is 18.0 Å². The molecule has 0 spiro atoms. The zero-order valence-electron chi connectivity index (χ0n) is 13.2. The number of hydrogen-bond acceptors (Lipinski definition) is 4. The van der Waals surface area contributed by atoms with E-state index in [1.807, 2.05) is 62.9 Å². The Bertz CT molecular complexity index is 813. The third-order valence-corrected chi connectivity index (χ3v) is 5.14. The highest BCUT2D eigenvalue weighted by Crippen LogP contribution is 2.24. The second-order valence-corrected chi connectivity index (χ2v) is 6.82. The van der Waals surface area contributed by atoms with Crippen molar-refractivity contribution in [2.75, 3.05) is 13.1 Å². The molecule has 1 atom stereocenters. The summed E-state index contributed by atoms with van der Waals surface area (Å²) in [5.74, 6) is 0.194. The molecule has 4 rings (SSSR count). The summed E-state index contributed by atoms with van der Waals surface area (Å²) in [6.07, 6.45) is 3.39. The average Bonchev–Trinajstić information content (AvgIpc) is 3.36. The number of carbonyl (C=O) groups excluding carboxylic acids is 1. The second-order valence-electron chi connectivity index (χ2n) is 6.04. The Labute approximate surface area is 144 Å². The van der Waals surface area contributed by atoms with Crippen LogP contribution in [0.5, 0.6) is 0 Å². The molecule has 0 bridgehead atoms. The summed E-state index contributed by atoms with van der Waals surface area (Å²) in [5.41, 5.74) is 3.03. The molecule has 1 saturated heterocycles. The topological polar surface area (TPSA) is 51.0 Å². The first-order valence-corrected chi connectivity index (χ1v) is 9.00. The minimum Gasteiger partial charge on any atom is -0.340 e. The van der Waals surface area contributed by atoms with Crippen LogP contribution in [0, 0.1) is 0 Å². The molecule has 1 aromatic carbocycles. The highest BCUT2D eigenvalue weighted by atomic mass is 32.1. The van der Waals surface area contributed by atoms with Gasteiger partial charge in [0.25, 0.3) is 0 Å². The molecule has 0 aliphatic carbocycles. The van der Waals surface area contributed by atoms with Crippen LogP contribution in [0.15, 0.2) is 53.4 Å². The molecule has 2 aromatic heterocycles. The third-order valence-electron chi connectivity index (χ3n) is 4.41. The molecule has 5 nitrogen and oxygen atoms in total. The monoisotopic (exact) mass is 338 g/mol. The van der Waals surface area contributed by atoms with E-state index in [2.05, 4.69) is 10.3 Å². The molecular formula is C18H18N4OS. The lowest BCUT2D eigenvalue weighted by molar-refractivity contribution is -0.129. The maximum Gasteiger partial charge on any atom is 0.227 e. The summed E-state index contributed by atoms with van der Waals surface area (Å²) in [7, 11) is 0. The van der Waals surface area contributed by atoms with Gasteiger partial charge in [-0.2, -0.15) is 11.3 Å². The number of carbonyl (C=O) groups is 1. The molecule has 0 unspecified atom stereocenters. The largest absolute Gasteiger partial charge is 0.340 e. The Balaban J connectivity index is 1.42.